The van der Waals surface area contributed by atoms with Gasteiger partial charge in [-0.15, -0.1) is 13.2 Å². The van der Waals surface area contributed by atoms with E-state index in [0.717, 1.165) is 6.07 Å². The fourth-order valence-electron chi connectivity index (χ4n) is 1.41. The van der Waals surface area contributed by atoms with Gasteiger partial charge in [0.1, 0.15) is 5.75 Å². The van der Waals surface area contributed by atoms with Crippen molar-refractivity contribution < 1.29 is 27.8 Å². The molecule has 0 fully saturated rings. The Hall–Kier alpha value is -1.43. The first-order valence-electron chi connectivity index (χ1n) is 4.96. The minimum absolute atomic E-state index is 0.129. The van der Waals surface area contributed by atoms with Crippen LogP contribution >= 0.6 is 11.6 Å². The van der Waals surface area contributed by atoms with Crippen LogP contribution in [-0.4, -0.2) is 17.4 Å². The Kier molecular flexibility index (Phi) is 4.45. The van der Waals surface area contributed by atoms with Crippen molar-refractivity contribution in [1.82, 2.24) is 0 Å². The fourth-order valence-corrected chi connectivity index (χ4v) is 1.64. The molecule has 1 rings (SSSR count). The van der Waals surface area contributed by atoms with Gasteiger partial charge in [-0.1, -0.05) is 24.6 Å². The normalized spacial score (nSPS) is 13.2. The van der Waals surface area contributed by atoms with Crippen molar-refractivity contribution in [3.8, 4) is 5.75 Å². The van der Waals surface area contributed by atoms with E-state index < -0.39 is 18.1 Å². The number of rotatable bonds is 4. The van der Waals surface area contributed by atoms with Gasteiger partial charge in [-0.05, 0) is 23.6 Å². The van der Waals surface area contributed by atoms with E-state index in [2.05, 4.69) is 4.74 Å². The van der Waals surface area contributed by atoms with Crippen molar-refractivity contribution in [2.45, 2.75) is 25.6 Å². The summed E-state index contributed by atoms with van der Waals surface area (Å²) in [7, 11) is 0. The van der Waals surface area contributed by atoms with Crippen LogP contribution in [-0.2, 0) is 4.79 Å². The zero-order chi connectivity index (χ0) is 13.9. The van der Waals surface area contributed by atoms with Crippen LogP contribution in [0.5, 0.6) is 5.75 Å². The van der Waals surface area contributed by atoms with Crippen molar-refractivity contribution in [3.63, 3.8) is 0 Å². The lowest BCUT2D eigenvalue weighted by Gasteiger charge is -2.13. The lowest BCUT2D eigenvalue weighted by atomic mass is 9.98. The van der Waals surface area contributed by atoms with Crippen LogP contribution in [0.4, 0.5) is 13.2 Å². The first-order valence-corrected chi connectivity index (χ1v) is 5.34. The number of aliphatic carboxylic acids is 1. The highest BCUT2D eigenvalue weighted by Gasteiger charge is 2.32. The Bertz CT molecular complexity index is 446. The van der Waals surface area contributed by atoms with Crippen molar-refractivity contribution in [1.29, 1.82) is 0 Å². The van der Waals surface area contributed by atoms with E-state index in [1.165, 1.54) is 12.1 Å². The molecule has 0 radical (unpaired) electrons. The summed E-state index contributed by atoms with van der Waals surface area (Å²) in [5.74, 6) is -1.84. The van der Waals surface area contributed by atoms with Crippen LogP contribution in [0, 0.1) is 0 Å². The summed E-state index contributed by atoms with van der Waals surface area (Å²) in [5.41, 5.74) is 0.539. The molecule has 1 N–H and O–H groups in total. The number of carboxylic acid groups (broad SMARTS) is 1. The molecule has 0 amide bonds. The Morgan fingerprint density at radius 3 is 2.56 bits per heavy atom. The summed E-state index contributed by atoms with van der Waals surface area (Å²) in [6, 6.07) is 3.71. The van der Waals surface area contributed by atoms with E-state index in [9.17, 15) is 18.0 Å². The lowest BCUT2D eigenvalue weighted by molar-refractivity contribution is -0.274. The second kappa shape index (κ2) is 5.48. The summed E-state index contributed by atoms with van der Waals surface area (Å²) < 4.78 is 39.7. The Labute approximate surface area is 106 Å². The summed E-state index contributed by atoms with van der Waals surface area (Å²) >= 11 is 5.64. The molecule has 0 aromatic heterocycles. The van der Waals surface area contributed by atoms with E-state index in [-0.39, 0.29) is 17.4 Å². The standard InChI is InChI=1S/C11H10ClF3O3/c1-6(4-10(16)17)7-2-3-9(8(12)5-7)18-11(13,14)15/h2-3,5-6H,4H2,1H3,(H,16,17). The molecule has 18 heavy (non-hydrogen) atoms. The van der Waals surface area contributed by atoms with Gasteiger partial charge >= 0.3 is 12.3 Å². The van der Waals surface area contributed by atoms with Gasteiger partial charge in [0.15, 0.2) is 0 Å². The van der Waals surface area contributed by atoms with Gasteiger partial charge < -0.3 is 9.84 Å². The van der Waals surface area contributed by atoms with E-state index in [4.69, 9.17) is 16.7 Å². The monoisotopic (exact) mass is 282 g/mol. The Morgan fingerprint density at radius 1 is 1.50 bits per heavy atom. The topological polar surface area (TPSA) is 46.5 Å². The van der Waals surface area contributed by atoms with Gasteiger partial charge in [-0.25, -0.2) is 0 Å². The number of alkyl halides is 3. The van der Waals surface area contributed by atoms with Gasteiger partial charge in [0, 0.05) is 0 Å². The predicted molar refractivity (Wildman–Crippen MR) is 58.8 cm³/mol. The van der Waals surface area contributed by atoms with Crippen molar-refractivity contribution in [2.75, 3.05) is 0 Å². The van der Waals surface area contributed by atoms with E-state index >= 15 is 0 Å². The zero-order valence-corrected chi connectivity index (χ0v) is 10.0. The highest BCUT2D eigenvalue weighted by atomic mass is 35.5. The third kappa shape index (κ3) is 4.44. The summed E-state index contributed by atoms with van der Waals surface area (Å²) in [6.07, 6.45) is -4.94. The van der Waals surface area contributed by atoms with Crippen LogP contribution in [0.1, 0.15) is 24.8 Å². The largest absolute Gasteiger partial charge is 0.573 e. The molecule has 1 aromatic rings. The Balaban J connectivity index is 2.88. The number of carbonyl (C=O) groups is 1. The molecule has 0 aliphatic heterocycles. The van der Waals surface area contributed by atoms with Crippen LogP contribution in [0.25, 0.3) is 0 Å². The molecule has 7 heteroatoms. The fraction of sp³-hybridized carbons (Fsp3) is 0.364. The molecule has 1 unspecified atom stereocenters. The van der Waals surface area contributed by atoms with Crippen LogP contribution in [0.2, 0.25) is 5.02 Å². The van der Waals surface area contributed by atoms with Crippen LogP contribution < -0.4 is 4.74 Å². The first kappa shape index (κ1) is 14.6. The maximum Gasteiger partial charge on any atom is 0.573 e. The third-order valence-corrected chi connectivity index (χ3v) is 2.53. The molecular weight excluding hydrogens is 273 g/mol. The van der Waals surface area contributed by atoms with Gasteiger partial charge in [-0.3, -0.25) is 4.79 Å². The van der Waals surface area contributed by atoms with E-state index in [1.807, 2.05) is 0 Å². The summed E-state index contributed by atoms with van der Waals surface area (Å²) in [6.45, 7) is 1.64. The minimum atomic E-state index is -4.81. The molecule has 0 saturated carbocycles. The average molecular weight is 283 g/mol. The number of ether oxygens (including phenoxy) is 1. The molecule has 0 aliphatic carbocycles. The number of halogens is 4. The quantitative estimate of drug-likeness (QED) is 0.913. The zero-order valence-electron chi connectivity index (χ0n) is 9.29. The van der Waals surface area contributed by atoms with Gasteiger partial charge in [-0.2, -0.15) is 0 Å². The number of hydrogen-bond acceptors (Lipinski definition) is 2. The van der Waals surface area contributed by atoms with E-state index in [0.29, 0.717) is 5.56 Å². The van der Waals surface area contributed by atoms with Gasteiger partial charge in [0.05, 0.1) is 11.4 Å². The summed E-state index contributed by atoms with van der Waals surface area (Å²) in [5, 5.41) is 8.41. The SMILES string of the molecule is CC(CC(=O)O)c1ccc(OC(F)(F)F)c(Cl)c1. The Morgan fingerprint density at radius 2 is 2.11 bits per heavy atom. The molecule has 0 aliphatic rings. The second-order valence-corrected chi connectivity index (χ2v) is 4.14. The van der Waals surface area contributed by atoms with Crippen LogP contribution in [0.15, 0.2) is 18.2 Å². The van der Waals surface area contributed by atoms with E-state index in [1.54, 1.807) is 6.92 Å². The molecular formula is C11H10ClF3O3. The molecule has 3 nitrogen and oxygen atoms in total. The van der Waals surface area contributed by atoms with Gasteiger partial charge in [0.25, 0.3) is 0 Å². The number of carboxylic acids is 1. The van der Waals surface area contributed by atoms with Crippen LogP contribution in [0.3, 0.4) is 0 Å². The molecule has 1 atom stereocenters. The number of benzene rings is 1. The molecule has 100 valence electrons. The molecule has 0 saturated heterocycles. The molecule has 0 heterocycles. The summed E-state index contributed by atoms with van der Waals surface area (Å²) in [4.78, 5) is 10.5. The number of hydrogen-bond donors (Lipinski definition) is 1. The van der Waals surface area contributed by atoms with Gasteiger partial charge in [0.2, 0.25) is 0 Å². The maximum atomic E-state index is 12.0. The first-order chi connectivity index (χ1) is 8.19. The maximum absolute atomic E-state index is 12.0. The molecule has 0 spiro atoms. The molecule has 0 bridgehead atoms. The predicted octanol–water partition coefficient (Wildman–Crippen LogP) is 3.82. The highest BCUT2D eigenvalue weighted by Crippen LogP contribution is 2.33. The van der Waals surface area contributed by atoms with Crippen molar-refractivity contribution in [3.05, 3.63) is 28.8 Å². The third-order valence-electron chi connectivity index (χ3n) is 2.23. The van der Waals surface area contributed by atoms with Crippen molar-refractivity contribution >= 4 is 17.6 Å². The average Bonchev–Trinajstić information content (AvgIpc) is 2.18. The highest BCUT2D eigenvalue weighted by molar-refractivity contribution is 6.32. The second-order valence-electron chi connectivity index (χ2n) is 3.74. The molecule has 1 aromatic carbocycles. The van der Waals surface area contributed by atoms with Crippen molar-refractivity contribution in [2.24, 2.45) is 0 Å². The smallest absolute Gasteiger partial charge is 0.481 e. The lowest BCUT2D eigenvalue weighted by Crippen LogP contribution is -2.17. The minimum Gasteiger partial charge on any atom is -0.481 e.